The number of aliphatic hydroxyl groups is 1. The Bertz CT molecular complexity index is 549. The Labute approximate surface area is 98.7 Å². The number of benzene rings is 1. The summed E-state index contributed by atoms with van der Waals surface area (Å²) in [4.78, 5) is 1.37. The van der Waals surface area contributed by atoms with Crippen LogP contribution in [0.5, 0.6) is 0 Å². The number of rotatable bonds is 2. The molecule has 1 aliphatic heterocycles. The number of nitrogens with two attached hydrogens (primary N) is 1. The Hall–Kier alpha value is -1.18. The van der Waals surface area contributed by atoms with E-state index in [1.54, 1.807) is 11.8 Å². The van der Waals surface area contributed by atoms with Crippen LogP contribution in [0.4, 0.5) is 10.1 Å². The lowest BCUT2D eigenvalue weighted by molar-refractivity contribution is 0.0306. The molecule has 1 aromatic rings. The van der Waals surface area contributed by atoms with Gasteiger partial charge in [-0.15, -0.1) is 0 Å². The van der Waals surface area contributed by atoms with Gasteiger partial charge in [0.15, 0.2) is 0 Å². The summed E-state index contributed by atoms with van der Waals surface area (Å²) in [6.07, 6.45) is 0. The Morgan fingerprint density at radius 2 is 2.06 bits per heavy atom. The minimum atomic E-state index is -3.89. The molecule has 5 nitrogen and oxygen atoms in total. The van der Waals surface area contributed by atoms with Crippen LogP contribution >= 0.6 is 0 Å². The summed E-state index contributed by atoms with van der Waals surface area (Å²) < 4.78 is 35.7. The van der Waals surface area contributed by atoms with Crippen molar-refractivity contribution in [2.75, 3.05) is 18.0 Å². The van der Waals surface area contributed by atoms with E-state index < -0.39 is 21.4 Å². The maximum absolute atomic E-state index is 13.7. The number of primary sulfonamides is 1. The van der Waals surface area contributed by atoms with Crippen molar-refractivity contribution in [2.45, 2.75) is 17.4 Å². The van der Waals surface area contributed by atoms with Crippen molar-refractivity contribution in [1.29, 1.82) is 0 Å². The molecule has 0 bridgehead atoms. The molecule has 2 rings (SSSR count). The van der Waals surface area contributed by atoms with Gasteiger partial charge in [-0.05, 0) is 25.1 Å². The molecule has 0 aliphatic carbocycles. The number of anilines is 1. The van der Waals surface area contributed by atoms with E-state index in [4.69, 9.17) is 5.14 Å². The molecule has 1 heterocycles. The molecule has 0 radical (unpaired) electrons. The highest BCUT2D eigenvalue weighted by Crippen LogP contribution is 2.30. The first kappa shape index (κ1) is 12.3. The van der Waals surface area contributed by atoms with Crippen LogP contribution in [-0.2, 0) is 10.0 Å². The molecule has 0 aromatic heterocycles. The predicted molar refractivity (Wildman–Crippen MR) is 60.6 cm³/mol. The summed E-state index contributed by atoms with van der Waals surface area (Å²) in [5.41, 5.74) is -0.547. The molecule has 1 fully saturated rings. The molecule has 0 unspecified atom stereocenters. The smallest absolute Gasteiger partial charge is 0.238 e. The first-order chi connectivity index (χ1) is 7.69. The van der Waals surface area contributed by atoms with Gasteiger partial charge in [-0.1, -0.05) is 0 Å². The van der Waals surface area contributed by atoms with E-state index in [0.29, 0.717) is 13.1 Å². The summed E-state index contributed by atoms with van der Waals surface area (Å²) in [6.45, 7) is 2.29. The molecule has 3 N–H and O–H groups in total. The lowest BCUT2D eigenvalue weighted by atomic mass is 9.96. The monoisotopic (exact) mass is 260 g/mol. The topological polar surface area (TPSA) is 83.6 Å². The van der Waals surface area contributed by atoms with E-state index in [-0.39, 0.29) is 10.6 Å². The summed E-state index contributed by atoms with van der Waals surface area (Å²) >= 11 is 0. The number of sulfonamides is 1. The summed E-state index contributed by atoms with van der Waals surface area (Å²) in [5.74, 6) is -0.660. The van der Waals surface area contributed by atoms with Gasteiger partial charge in [0.1, 0.15) is 5.82 Å². The molecular formula is C10H13FN2O3S. The average Bonchev–Trinajstić information content (AvgIpc) is 2.12. The van der Waals surface area contributed by atoms with Crippen LogP contribution in [0.25, 0.3) is 0 Å². The highest BCUT2D eigenvalue weighted by molar-refractivity contribution is 7.89. The van der Waals surface area contributed by atoms with Crippen molar-refractivity contribution in [3.05, 3.63) is 24.0 Å². The Balaban J connectivity index is 2.28. The maximum Gasteiger partial charge on any atom is 0.238 e. The fraction of sp³-hybridized carbons (Fsp3) is 0.400. The highest BCUT2D eigenvalue weighted by Gasteiger charge is 2.37. The summed E-state index contributed by atoms with van der Waals surface area (Å²) in [5, 5.41) is 14.4. The SMILES string of the molecule is CC1(O)CN(c2ccc(S(N)(=O)=O)cc2F)C1. The van der Waals surface area contributed by atoms with Crippen molar-refractivity contribution in [3.8, 4) is 0 Å². The molecule has 17 heavy (non-hydrogen) atoms. The number of hydrogen-bond acceptors (Lipinski definition) is 4. The van der Waals surface area contributed by atoms with Crippen molar-refractivity contribution in [2.24, 2.45) is 5.14 Å². The minimum Gasteiger partial charge on any atom is -0.386 e. The highest BCUT2D eigenvalue weighted by atomic mass is 32.2. The summed E-state index contributed by atoms with van der Waals surface area (Å²) in [7, 11) is -3.89. The largest absolute Gasteiger partial charge is 0.386 e. The fourth-order valence-electron chi connectivity index (χ4n) is 1.87. The van der Waals surface area contributed by atoms with E-state index in [1.807, 2.05) is 0 Å². The van der Waals surface area contributed by atoms with Crippen LogP contribution in [0.1, 0.15) is 6.92 Å². The van der Waals surface area contributed by atoms with E-state index in [2.05, 4.69) is 0 Å². The van der Waals surface area contributed by atoms with Crippen molar-refractivity contribution in [1.82, 2.24) is 0 Å². The third-order valence-corrected chi connectivity index (χ3v) is 3.56. The van der Waals surface area contributed by atoms with Gasteiger partial charge in [0.2, 0.25) is 10.0 Å². The van der Waals surface area contributed by atoms with Crippen LogP contribution in [0.2, 0.25) is 0 Å². The van der Waals surface area contributed by atoms with Gasteiger partial charge in [0.25, 0.3) is 0 Å². The van der Waals surface area contributed by atoms with E-state index in [1.165, 1.54) is 12.1 Å². The first-order valence-electron chi connectivity index (χ1n) is 4.99. The second-order valence-electron chi connectivity index (χ2n) is 4.51. The lowest BCUT2D eigenvalue weighted by Gasteiger charge is -2.45. The normalized spacial score (nSPS) is 18.9. The summed E-state index contributed by atoms with van der Waals surface area (Å²) in [6, 6.07) is 3.49. The Morgan fingerprint density at radius 3 is 2.47 bits per heavy atom. The minimum absolute atomic E-state index is 0.258. The molecule has 0 spiro atoms. The van der Waals surface area contributed by atoms with Gasteiger partial charge in [-0.25, -0.2) is 17.9 Å². The van der Waals surface area contributed by atoms with E-state index in [0.717, 1.165) is 6.07 Å². The fourth-order valence-corrected chi connectivity index (χ4v) is 2.39. The van der Waals surface area contributed by atoms with Crippen molar-refractivity contribution in [3.63, 3.8) is 0 Å². The van der Waals surface area contributed by atoms with Gasteiger partial charge in [-0.2, -0.15) is 0 Å². The molecule has 0 atom stereocenters. The predicted octanol–water partition coefficient (Wildman–Crippen LogP) is 0.0441. The van der Waals surface area contributed by atoms with Crippen molar-refractivity contribution < 1.29 is 17.9 Å². The van der Waals surface area contributed by atoms with Gasteiger partial charge in [-0.3, -0.25) is 0 Å². The van der Waals surface area contributed by atoms with Crippen LogP contribution in [-0.4, -0.2) is 32.2 Å². The average molecular weight is 260 g/mol. The van der Waals surface area contributed by atoms with Gasteiger partial charge >= 0.3 is 0 Å². The number of β-amino-alcohol motifs (C(OH)–C–C–N with tert-alkyl or cyclic N) is 1. The van der Waals surface area contributed by atoms with E-state index >= 15 is 0 Å². The Kier molecular flexibility index (Phi) is 2.64. The molecule has 1 saturated heterocycles. The number of halogens is 1. The molecule has 0 saturated carbocycles. The third-order valence-electron chi connectivity index (χ3n) is 2.65. The number of hydrogen-bond donors (Lipinski definition) is 2. The second kappa shape index (κ2) is 3.66. The molecular weight excluding hydrogens is 247 g/mol. The van der Waals surface area contributed by atoms with Crippen molar-refractivity contribution >= 4 is 15.7 Å². The zero-order valence-corrected chi connectivity index (χ0v) is 10.0. The standard InChI is InChI=1S/C10H13FN2O3S/c1-10(14)5-13(6-10)9-3-2-7(4-8(9)11)17(12,15)16/h2-4,14H,5-6H2,1H3,(H2,12,15,16). The zero-order valence-electron chi connectivity index (χ0n) is 9.22. The van der Waals surface area contributed by atoms with Crippen LogP contribution < -0.4 is 10.0 Å². The van der Waals surface area contributed by atoms with Crippen LogP contribution in [0.15, 0.2) is 23.1 Å². The van der Waals surface area contributed by atoms with E-state index in [9.17, 15) is 17.9 Å². The molecule has 0 amide bonds. The molecule has 7 heteroatoms. The molecule has 1 aromatic carbocycles. The third kappa shape index (κ3) is 2.41. The van der Waals surface area contributed by atoms with Gasteiger partial charge in [0.05, 0.1) is 16.2 Å². The van der Waals surface area contributed by atoms with Crippen LogP contribution in [0, 0.1) is 5.82 Å². The quantitative estimate of drug-likeness (QED) is 0.786. The lowest BCUT2D eigenvalue weighted by Crippen LogP contribution is -2.60. The molecule has 94 valence electrons. The second-order valence-corrected chi connectivity index (χ2v) is 6.07. The number of nitrogens with zero attached hydrogens (tertiary/aromatic N) is 1. The maximum atomic E-state index is 13.7. The molecule has 1 aliphatic rings. The van der Waals surface area contributed by atoms with Crippen LogP contribution in [0.3, 0.4) is 0 Å². The zero-order chi connectivity index (χ0) is 12.8. The Morgan fingerprint density at radius 1 is 1.47 bits per heavy atom. The first-order valence-corrected chi connectivity index (χ1v) is 6.53. The van der Waals surface area contributed by atoms with Gasteiger partial charge < -0.3 is 10.0 Å². The van der Waals surface area contributed by atoms with Gasteiger partial charge in [0, 0.05) is 13.1 Å².